The first kappa shape index (κ1) is 15.4. The molecule has 1 aliphatic carbocycles. The van der Waals surface area contributed by atoms with Crippen molar-refractivity contribution >= 4 is 11.6 Å². The van der Waals surface area contributed by atoms with E-state index in [2.05, 4.69) is 35.3 Å². The molecule has 1 aliphatic heterocycles. The molecule has 1 heterocycles. The van der Waals surface area contributed by atoms with E-state index in [0.29, 0.717) is 12.6 Å². The normalized spacial score (nSPS) is 19.4. The van der Waals surface area contributed by atoms with Gasteiger partial charge in [0.2, 0.25) is 5.91 Å². The van der Waals surface area contributed by atoms with Gasteiger partial charge >= 0.3 is 0 Å². The van der Waals surface area contributed by atoms with Crippen molar-refractivity contribution in [2.45, 2.75) is 64.3 Å². The predicted molar refractivity (Wildman–Crippen MR) is 91.3 cm³/mol. The fourth-order valence-electron chi connectivity index (χ4n) is 3.84. The van der Waals surface area contributed by atoms with Crippen LogP contribution in [0.1, 0.15) is 56.1 Å². The van der Waals surface area contributed by atoms with Crippen LogP contribution in [0.3, 0.4) is 0 Å². The maximum Gasteiger partial charge on any atom is 0.239 e. The number of anilines is 1. The van der Waals surface area contributed by atoms with E-state index in [-0.39, 0.29) is 5.91 Å². The maximum absolute atomic E-state index is 12.4. The third kappa shape index (κ3) is 3.82. The van der Waals surface area contributed by atoms with Crippen molar-refractivity contribution in [2.75, 3.05) is 18.0 Å². The molecule has 2 aliphatic rings. The van der Waals surface area contributed by atoms with Gasteiger partial charge in [-0.1, -0.05) is 43.4 Å². The summed E-state index contributed by atoms with van der Waals surface area (Å²) < 4.78 is 0. The summed E-state index contributed by atoms with van der Waals surface area (Å²) in [5.74, 6) is 0.195. The summed E-state index contributed by atoms with van der Waals surface area (Å²) in [5.41, 5.74) is 3.96. The molecule has 0 aromatic heterocycles. The van der Waals surface area contributed by atoms with Gasteiger partial charge in [-0.05, 0) is 44.2 Å². The van der Waals surface area contributed by atoms with Crippen LogP contribution in [0.4, 0.5) is 5.69 Å². The van der Waals surface area contributed by atoms with Crippen molar-refractivity contribution in [2.24, 2.45) is 0 Å². The van der Waals surface area contributed by atoms with Crippen LogP contribution in [-0.2, 0) is 11.2 Å². The minimum absolute atomic E-state index is 0.195. The van der Waals surface area contributed by atoms with Crippen molar-refractivity contribution in [1.82, 2.24) is 5.32 Å². The van der Waals surface area contributed by atoms with Crippen molar-refractivity contribution in [3.05, 3.63) is 29.3 Å². The van der Waals surface area contributed by atoms with Crippen LogP contribution < -0.4 is 10.2 Å². The number of fused-ring (bicyclic) bond motifs is 1. The molecule has 1 aromatic rings. The summed E-state index contributed by atoms with van der Waals surface area (Å²) in [4.78, 5) is 14.7. The van der Waals surface area contributed by atoms with Gasteiger partial charge in [0, 0.05) is 18.3 Å². The van der Waals surface area contributed by atoms with E-state index in [1.54, 1.807) is 0 Å². The van der Waals surface area contributed by atoms with E-state index >= 15 is 0 Å². The summed E-state index contributed by atoms with van der Waals surface area (Å²) in [6.07, 6.45) is 9.76. The second-order valence-electron chi connectivity index (χ2n) is 6.91. The number of benzene rings is 1. The molecule has 0 unspecified atom stereocenters. The van der Waals surface area contributed by atoms with Crippen LogP contribution >= 0.6 is 0 Å². The maximum atomic E-state index is 12.4. The second kappa shape index (κ2) is 7.17. The van der Waals surface area contributed by atoms with Crippen LogP contribution in [0, 0.1) is 6.92 Å². The quantitative estimate of drug-likeness (QED) is 0.865. The van der Waals surface area contributed by atoms with Gasteiger partial charge in [-0.2, -0.15) is 0 Å². The van der Waals surface area contributed by atoms with Gasteiger partial charge in [-0.15, -0.1) is 0 Å². The summed E-state index contributed by atoms with van der Waals surface area (Å²) in [6.45, 7) is 3.64. The van der Waals surface area contributed by atoms with Crippen LogP contribution in [0.25, 0.3) is 0 Å². The van der Waals surface area contributed by atoms with Gasteiger partial charge in [-0.3, -0.25) is 4.79 Å². The number of hydrogen-bond acceptors (Lipinski definition) is 2. The molecule has 120 valence electrons. The molecule has 1 N–H and O–H groups in total. The monoisotopic (exact) mass is 300 g/mol. The molecule has 3 heteroatoms. The van der Waals surface area contributed by atoms with E-state index < -0.39 is 0 Å². The van der Waals surface area contributed by atoms with Crippen molar-refractivity contribution in [1.29, 1.82) is 0 Å². The third-order valence-electron chi connectivity index (χ3n) is 5.00. The Morgan fingerprint density at radius 1 is 1.18 bits per heavy atom. The Morgan fingerprint density at radius 3 is 2.73 bits per heavy atom. The van der Waals surface area contributed by atoms with Crippen LogP contribution in [0.5, 0.6) is 0 Å². The molecule has 1 amide bonds. The Balaban J connectivity index is 1.60. The molecule has 3 nitrogen and oxygen atoms in total. The molecule has 1 saturated carbocycles. The Morgan fingerprint density at radius 2 is 1.95 bits per heavy atom. The number of amides is 1. The summed E-state index contributed by atoms with van der Waals surface area (Å²) in [5, 5.41) is 3.27. The van der Waals surface area contributed by atoms with Crippen molar-refractivity contribution in [3.63, 3.8) is 0 Å². The van der Waals surface area contributed by atoms with E-state index in [4.69, 9.17) is 0 Å². The molecule has 0 bridgehead atoms. The SMILES string of the molecule is Cc1ccc2c(c1)CCCN2CC(=O)NC1CCCCCC1. The predicted octanol–water partition coefficient (Wildman–Crippen LogP) is 3.59. The first-order chi connectivity index (χ1) is 10.7. The summed E-state index contributed by atoms with van der Waals surface area (Å²) >= 11 is 0. The van der Waals surface area contributed by atoms with E-state index in [0.717, 1.165) is 32.2 Å². The molecule has 1 aromatic carbocycles. The lowest BCUT2D eigenvalue weighted by molar-refractivity contribution is -0.120. The highest BCUT2D eigenvalue weighted by Crippen LogP contribution is 2.27. The molecule has 22 heavy (non-hydrogen) atoms. The highest BCUT2D eigenvalue weighted by atomic mass is 16.2. The average molecular weight is 300 g/mol. The molecule has 0 saturated heterocycles. The zero-order valence-corrected chi connectivity index (χ0v) is 13.7. The van der Waals surface area contributed by atoms with Crippen molar-refractivity contribution < 1.29 is 4.79 Å². The van der Waals surface area contributed by atoms with Crippen LogP contribution in [-0.4, -0.2) is 25.0 Å². The molecule has 3 rings (SSSR count). The second-order valence-corrected chi connectivity index (χ2v) is 6.91. The standard InChI is InChI=1S/C19H28N2O/c1-15-10-11-18-16(13-15)7-6-12-21(18)14-19(22)20-17-8-4-2-3-5-9-17/h10-11,13,17H,2-9,12,14H2,1H3,(H,20,22). The fraction of sp³-hybridized carbons (Fsp3) is 0.632. The van der Waals surface area contributed by atoms with Gasteiger partial charge in [0.15, 0.2) is 0 Å². The smallest absolute Gasteiger partial charge is 0.239 e. The van der Waals surface area contributed by atoms with E-state index in [1.165, 1.54) is 42.5 Å². The highest BCUT2D eigenvalue weighted by molar-refractivity contribution is 5.82. The first-order valence-corrected chi connectivity index (χ1v) is 8.86. The summed E-state index contributed by atoms with van der Waals surface area (Å²) in [7, 11) is 0. The lowest BCUT2D eigenvalue weighted by atomic mass is 9.99. The number of nitrogens with one attached hydrogen (secondary N) is 1. The molecular formula is C19H28N2O. The van der Waals surface area contributed by atoms with Crippen LogP contribution in [0.15, 0.2) is 18.2 Å². The van der Waals surface area contributed by atoms with Gasteiger partial charge in [0.1, 0.15) is 0 Å². The zero-order valence-electron chi connectivity index (χ0n) is 13.7. The number of rotatable bonds is 3. The number of aryl methyl sites for hydroxylation is 2. The van der Waals surface area contributed by atoms with E-state index in [9.17, 15) is 4.79 Å². The number of nitrogens with zero attached hydrogens (tertiary/aromatic N) is 1. The molecule has 0 atom stereocenters. The third-order valence-corrected chi connectivity index (χ3v) is 5.00. The van der Waals surface area contributed by atoms with Gasteiger partial charge in [-0.25, -0.2) is 0 Å². The summed E-state index contributed by atoms with van der Waals surface area (Å²) in [6, 6.07) is 7.01. The number of carbonyl (C=O) groups excluding carboxylic acids is 1. The Hall–Kier alpha value is -1.51. The Kier molecular flexibility index (Phi) is 5.01. The van der Waals surface area contributed by atoms with Gasteiger partial charge < -0.3 is 10.2 Å². The lowest BCUT2D eigenvalue weighted by Gasteiger charge is -2.31. The number of hydrogen-bond donors (Lipinski definition) is 1. The minimum Gasteiger partial charge on any atom is -0.362 e. The lowest BCUT2D eigenvalue weighted by Crippen LogP contribution is -2.43. The molecule has 0 radical (unpaired) electrons. The molecular weight excluding hydrogens is 272 g/mol. The molecule has 0 spiro atoms. The fourth-order valence-corrected chi connectivity index (χ4v) is 3.84. The minimum atomic E-state index is 0.195. The topological polar surface area (TPSA) is 32.3 Å². The first-order valence-electron chi connectivity index (χ1n) is 8.86. The Bertz CT molecular complexity index is 518. The largest absolute Gasteiger partial charge is 0.362 e. The van der Waals surface area contributed by atoms with E-state index in [1.807, 2.05) is 0 Å². The highest BCUT2D eigenvalue weighted by Gasteiger charge is 2.21. The van der Waals surface area contributed by atoms with Gasteiger partial charge in [0.25, 0.3) is 0 Å². The van der Waals surface area contributed by atoms with Gasteiger partial charge in [0.05, 0.1) is 6.54 Å². The zero-order chi connectivity index (χ0) is 15.4. The van der Waals surface area contributed by atoms with Crippen molar-refractivity contribution in [3.8, 4) is 0 Å². The van der Waals surface area contributed by atoms with Crippen LogP contribution in [0.2, 0.25) is 0 Å². The number of carbonyl (C=O) groups is 1. The molecule has 1 fully saturated rings. The average Bonchev–Trinajstić information content (AvgIpc) is 2.75. The Labute approximate surface area is 134 Å².